The molecular weight excluding hydrogens is 438 g/mol. The van der Waals surface area contributed by atoms with E-state index in [1.165, 1.54) is 6.07 Å². The molecule has 32 heavy (non-hydrogen) atoms. The van der Waals surface area contributed by atoms with Gasteiger partial charge in [0.25, 0.3) is 17.6 Å². The van der Waals surface area contributed by atoms with E-state index in [2.05, 4.69) is 10.3 Å². The normalized spacial score (nSPS) is 13.5. The monoisotopic (exact) mass is 459 g/mol. The summed E-state index contributed by atoms with van der Waals surface area (Å²) in [6.07, 6.45) is -0.989. The van der Waals surface area contributed by atoms with Gasteiger partial charge in [0.1, 0.15) is 11.4 Å². The minimum atomic E-state index is -1.15. The number of para-hydroxylation sites is 1. The van der Waals surface area contributed by atoms with Crippen LogP contribution in [0.1, 0.15) is 46.0 Å². The van der Waals surface area contributed by atoms with Crippen LogP contribution in [0.25, 0.3) is 0 Å². The summed E-state index contributed by atoms with van der Waals surface area (Å²) in [6, 6.07) is 6.33. The smallest absolute Gasteiger partial charge is 0.350 e. The molecule has 0 saturated heterocycles. The van der Waals surface area contributed by atoms with Crippen molar-refractivity contribution >= 4 is 51.7 Å². The highest BCUT2D eigenvalue weighted by Gasteiger charge is 2.37. The maximum absolute atomic E-state index is 12.6. The number of anilines is 2. The van der Waals surface area contributed by atoms with E-state index in [1.54, 1.807) is 39.0 Å². The van der Waals surface area contributed by atoms with Gasteiger partial charge in [-0.2, -0.15) is 0 Å². The van der Waals surface area contributed by atoms with E-state index in [0.29, 0.717) is 11.4 Å². The number of carbonyl (C=O) groups is 5. The zero-order valence-corrected chi connectivity index (χ0v) is 18.5. The van der Waals surface area contributed by atoms with Crippen molar-refractivity contribution in [2.24, 2.45) is 0 Å². The molecule has 0 fully saturated rings. The van der Waals surface area contributed by atoms with Crippen LogP contribution >= 0.6 is 11.3 Å². The van der Waals surface area contributed by atoms with Gasteiger partial charge in [-0.3, -0.25) is 29.4 Å². The molecule has 2 heterocycles. The molecule has 0 spiro atoms. The van der Waals surface area contributed by atoms with E-state index in [9.17, 15) is 24.0 Å². The molecular formula is C21H21N3O7S. The van der Waals surface area contributed by atoms with Gasteiger partial charge in [0.05, 0.1) is 23.6 Å². The molecule has 2 amide bonds. The number of thiazole rings is 1. The first kappa shape index (κ1) is 23.1. The van der Waals surface area contributed by atoms with Crippen LogP contribution in [0.2, 0.25) is 0 Å². The molecule has 1 aromatic carbocycles. The third kappa shape index (κ3) is 4.67. The molecule has 10 nitrogen and oxygen atoms in total. The Labute approximate surface area is 187 Å². The second-order valence-electron chi connectivity index (χ2n) is 6.77. The van der Waals surface area contributed by atoms with Crippen LogP contribution in [-0.4, -0.2) is 53.8 Å². The molecule has 1 N–H and O–H groups in total. The van der Waals surface area contributed by atoms with Crippen molar-refractivity contribution in [1.82, 2.24) is 4.98 Å². The Hall–Kier alpha value is -3.60. The summed E-state index contributed by atoms with van der Waals surface area (Å²) in [5, 5.41) is 2.70. The first-order valence-corrected chi connectivity index (χ1v) is 10.7. The number of aryl methyl sites for hydroxylation is 1. The number of fused-ring (bicyclic) bond motifs is 1. The van der Waals surface area contributed by atoms with Crippen LogP contribution in [0.4, 0.5) is 10.8 Å². The van der Waals surface area contributed by atoms with E-state index >= 15 is 0 Å². The quantitative estimate of drug-likeness (QED) is 0.469. The van der Waals surface area contributed by atoms with Crippen LogP contribution in [-0.2, 0) is 23.9 Å². The number of esters is 2. The number of amides is 2. The summed E-state index contributed by atoms with van der Waals surface area (Å²) >= 11 is 0.953. The summed E-state index contributed by atoms with van der Waals surface area (Å²) in [5.74, 6) is -3.53. The number of ether oxygens (including phenoxy) is 2. The van der Waals surface area contributed by atoms with Crippen LogP contribution in [0.3, 0.4) is 0 Å². The fourth-order valence-electron chi connectivity index (χ4n) is 3.07. The molecule has 168 valence electrons. The molecule has 11 heteroatoms. The van der Waals surface area contributed by atoms with Gasteiger partial charge in [-0.25, -0.2) is 9.78 Å². The van der Waals surface area contributed by atoms with Crippen LogP contribution in [0.15, 0.2) is 24.3 Å². The number of nitrogens with zero attached hydrogens (tertiary/aromatic N) is 2. The lowest BCUT2D eigenvalue weighted by Gasteiger charge is -2.19. The SMILES string of the molecule is CCOC(=O)c1sc(NC(=O)C(CC)OC(=O)CN2C(=O)C(=O)c3ccccc32)nc1C. The average molecular weight is 459 g/mol. The first-order valence-electron chi connectivity index (χ1n) is 9.86. The summed E-state index contributed by atoms with van der Waals surface area (Å²) in [4.78, 5) is 66.6. The van der Waals surface area contributed by atoms with E-state index in [1.807, 2.05) is 0 Å². The number of nitrogens with one attached hydrogen (secondary N) is 1. The summed E-state index contributed by atoms with van der Waals surface area (Å²) in [7, 11) is 0. The molecule has 1 aromatic heterocycles. The van der Waals surface area contributed by atoms with Gasteiger partial charge in [0.2, 0.25) is 0 Å². The second-order valence-corrected chi connectivity index (χ2v) is 7.77. The number of Topliss-reactive ketones (excluding diaryl/α,β-unsaturated/α-hetero) is 1. The third-order valence-electron chi connectivity index (χ3n) is 4.59. The van der Waals surface area contributed by atoms with Gasteiger partial charge in [-0.1, -0.05) is 30.4 Å². The number of benzene rings is 1. The Morgan fingerprint density at radius 1 is 1.19 bits per heavy atom. The molecule has 1 atom stereocenters. The van der Waals surface area contributed by atoms with Gasteiger partial charge in [0.15, 0.2) is 11.2 Å². The average Bonchev–Trinajstić information content (AvgIpc) is 3.24. The maximum Gasteiger partial charge on any atom is 0.350 e. The predicted molar refractivity (Wildman–Crippen MR) is 115 cm³/mol. The van der Waals surface area contributed by atoms with Crippen LogP contribution in [0, 0.1) is 6.92 Å². The highest BCUT2D eigenvalue weighted by molar-refractivity contribution is 7.17. The van der Waals surface area contributed by atoms with Gasteiger partial charge in [-0.15, -0.1) is 0 Å². The van der Waals surface area contributed by atoms with Crippen molar-refractivity contribution in [1.29, 1.82) is 0 Å². The molecule has 1 aliphatic heterocycles. The van der Waals surface area contributed by atoms with Gasteiger partial charge in [0, 0.05) is 0 Å². The second kappa shape index (κ2) is 9.69. The van der Waals surface area contributed by atoms with Gasteiger partial charge in [-0.05, 0) is 32.4 Å². The number of hydrogen-bond donors (Lipinski definition) is 1. The van der Waals surface area contributed by atoms with Gasteiger partial charge >= 0.3 is 11.9 Å². The molecule has 1 unspecified atom stereocenters. The lowest BCUT2D eigenvalue weighted by Crippen LogP contribution is -2.39. The Morgan fingerprint density at radius 3 is 2.59 bits per heavy atom. The summed E-state index contributed by atoms with van der Waals surface area (Å²) < 4.78 is 10.2. The van der Waals surface area contributed by atoms with E-state index in [4.69, 9.17) is 9.47 Å². The number of aromatic nitrogens is 1. The lowest BCUT2D eigenvalue weighted by atomic mass is 10.1. The highest BCUT2D eigenvalue weighted by atomic mass is 32.1. The van der Waals surface area contributed by atoms with Crippen LogP contribution in [0.5, 0.6) is 0 Å². The standard InChI is InChI=1S/C21H21N3O7S/c1-4-14(18(27)23-21-22-11(3)17(32-21)20(29)30-5-2)31-15(25)10-24-13-9-7-6-8-12(13)16(26)19(24)28/h6-9,14H,4-5,10H2,1-3H3,(H,22,23,27). The van der Waals surface area contributed by atoms with E-state index < -0.39 is 42.2 Å². The molecule has 2 aromatic rings. The van der Waals surface area contributed by atoms with E-state index in [0.717, 1.165) is 16.2 Å². The summed E-state index contributed by atoms with van der Waals surface area (Å²) in [6.45, 7) is 4.65. The van der Waals surface area contributed by atoms with Crippen molar-refractivity contribution in [3.05, 3.63) is 40.4 Å². The molecule has 0 bridgehead atoms. The minimum absolute atomic E-state index is 0.163. The van der Waals surface area contributed by atoms with Crippen molar-refractivity contribution in [3.8, 4) is 0 Å². The van der Waals surface area contributed by atoms with Crippen molar-refractivity contribution < 1.29 is 33.4 Å². The Balaban J connectivity index is 1.64. The third-order valence-corrected chi connectivity index (χ3v) is 5.64. The Bertz CT molecular complexity index is 1090. The van der Waals surface area contributed by atoms with Crippen molar-refractivity contribution in [2.45, 2.75) is 33.3 Å². The first-order chi connectivity index (χ1) is 15.3. The maximum atomic E-state index is 12.6. The van der Waals surface area contributed by atoms with E-state index in [-0.39, 0.29) is 28.6 Å². The summed E-state index contributed by atoms with van der Waals surface area (Å²) in [5.41, 5.74) is 0.943. The number of ketones is 1. The number of hydrogen-bond acceptors (Lipinski definition) is 9. The minimum Gasteiger partial charge on any atom is -0.462 e. The van der Waals surface area contributed by atoms with Crippen LogP contribution < -0.4 is 10.2 Å². The Kier molecular flexibility index (Phi) is 6.98. The lowest BCUT2D eigenvalue weighted by molar-refractivity contribution is -0.153. The molecule has 3 rings (SSSR count). The fourth-order valence-corrected chi connectivity index (χ4v) is 3.94. The number of carbonyl (C=O) groups excluding carboxylic acids is 5. The topological polar surface area (TPSA) is 132 Å². The zero-order valence-electron chi connectivity index (χ0n) is 17.7. The largest absolute Gasteiger partial charge is 0.462 e. The highest BCUT2D eigenvalue weighted by Crippen LogP contribution is 2.28. The molecule has 0 aliphatic carbocycles. The Morgan fingerprint density at radius 2 is 1.91 bits per heavy atom. The molecule has 1 aliphatic rings. The predicted octanol–water partition coefficient (Wildman–Crippen LogP) is 2.12. The number of rotatable bonds is 8. The van der Waals surface area contributed by atoms with Gasteiger partial charge < -0.3 is 9.47 Å². The van der Waals surface area contributed by atoms with Crippen molar-refractivity contribution in [3.63, 3.8) is 0 Å². The zero-order chi connectivity index (χ0) is 23.4. The van der Waals surface area contributed by atoms with Crippen molar-refractivity contribution in [2.75, 3.05) is 23.4 Å². The fraction of sp³-hybridized carbons (Fsp3) is 0.333. The molecule has 0 saturated carbocycles. The molecule has 0 radical (unpaired) electrons.